The number of nitriles is 1. The molecule has 0 atom stereocenters. The number of aromatic nitrogens is 3. The molecule has 120 valence electrons. The predicted octanol–water partition coefficient (Wildman–Crippen LogP) is 4.02. The van der Waals surface area contributed by atoms with E-state index < -0.39 is 4.92 Å². The molecule has 2 aromatic carbocycles. The SMILES string of the molecule is N#C/C(=C\c1c[nH]c2cccc([N+](=O)[O-])c12)c1nc2ccccc2[nH]1. The highest BCUT2D eigenvalue weighted by Gasteiger charge is 2.17. The third-order valence-corrected chi connectivity index (χ3v) is 3.98. The fourth-order valence-corrected chi connectivity index (χ4v) is 2.85. The van der Waals surface area contributed by atoms with E-state index >= 15 is 0 Å². The number of fused-ring (bicyclic) bond motifs is 2. The van der Waals surface area contributed by atoms with Crippen molar-refractivity contribution in [3.63, 3.8) is 0 Å². The van der Waals surface area contributed by atoms with Gasteiger partial charge in [-0.1, -0.05) is 18.2 Å². The molecule has 0 fully saturated rings. The molecular formula is C18H11N5O2. The van der Waals surface area contributed by atoms with Gasteiger partial charge in [0.1, 0.15) is 11.9 Å². The van der Waals surface area contributed by atoms with Crippen LogP contribution >= 0.6 is 0 Å². The summed E-state index contributed by atoms with van der Waals surface area (Å²) in [5.41, 5.74) is 3.08. The minimum Gasteiger partial charge on any atom is -0.360 e. The Hall–Kier alpha value is -3.92. The van der Waals surface area contributed by atoms with E-state index in [-0.39, 0.29) is 5.69 Å². The molecular weight excluding hydrogens is 318 g/mol. The summed E-state index contributed by atoms with van der Waals surface area (Å²) in [7, 11) is 0. The van der Waals surface area contributed by atoms with Gasteiger partial charge in [-0.15, -0.1) is 0 Å². The van der Waals surface area contributed by atoms with E-state index in [2.05, 4.69) is 21.0 Å². The summed E-state index contributed by atoms with van der Waals surface area (Å²) in [6.45, 7) is 0. The molecule has 0 saturated carbocycles. The maximum atomic E-state index is 11.3. The van der Waals surface area contributed by atoms with Crippen LogP contribution in [0.5, 0.6) is 0 Å². The third kappa shape index (κ3) is 2.42. The number of benzene rings is 2. The van der Waals surface area contributed by atoms with Gasteiger partial charge in [-0.05, 0) is 24.3 Å². The fourth-order valence-electron chi connectivity index (χ4n) is 2.85. The van der Waals surface area contributed by atoms with E-state index in [9.17, 15) is 15.4 Å². The lowest BCUT2D eigenvalue weighted by Crippen LogP contribution is -1.89. The van der Waals surface area contributed by atoms with Crippen molar-refractivity contribution in [3.8, 4) is 6.07 Å². The van der Waals surface area contributed by atoms with Crippen LogP contribution in [0.15, 0.2) is 48.7 Å². The minimum absolute atomic E-state index is 0.00750. The average molecular weight is 329 g/mol. The largest absolute Gasteiger partial charge is 0.360 e. The Morgan fingerprint density at radius 3 is 2.76 bits per heavy atom. The van der Waals surface area contributed by atoms with E-state index in [0.29, 0.717) is 27.9 Å². The van der Waals surface area contributed by atoms with E-state index in [4.69, 9.17) is 0 Å². The normalized spacial score (nSPS) is 11.7. The number of H-pyrrole nitrogens is 2. The van der Waals surface area contributed by atoms with Crippen molar-refractivity contribution in [2.75, 3.05) is 0 Å². The Balaban J connectivity index is 1.90. The first-order valence-corrected chi connectivity index (χ1v) is 7.49. The van der Waals surface area contributed by atoms with Gasteiger partial charge in [0.05, 0.1) is 32.4 Å². The summed E-state index contributed by atoms with van der Waals surface area (Å²) in [4.78, 5) is 21.4. The highest BCUT2D eigenvalue weighted by atomic mass is 16.6. The van der Waals surface area contributed by atoms with Crippen LogP contribution in [0.4, 0.5) is 5.69 Å². The summed E-state index contributed by atoms with van der Waals surface area (Å²) in [5.74, 6) is 0.427. The van der Waals surface area contributed by atoms with Crippen LogP contribution < -0.4 is 0 Å². The second-order valence-electron chi connectivity index (χ2n) is 5.47. The van der Waals surface area contributed by atoms with E-state index in [1.807, 2.05) is 24.3 Å². The summed E-state index contributed by atoms with van der Waals surface area (Å²) in [6, 6.07) is 14.4. The lowest BCUT2D eigenvalue weighted by atomic mass is 10.1. The van der Waals surface area contributed by atoms with Crippen LogP contribution in [-0.2, 0) is 0 Å². The summed E-state index contributed by atoms with van der Waals surface area (Å²) >= 11 is 0. The van der Waals surface area contributed by atoms with Crippen molar-refractivity contribution < 1.29 is 4.92 Å². The van der Waals surface area contributed by atoms with E-state index in [0.717, 1.165) is 11.0 Å². The number of non-ortho nitro benzene ring substituents is 1. The number of hydrogen-bond donors (Lipinski definition) is 2. The van der Waals surface area contributed by atoms with E-state index in [1.54, 1.807) is 24.4 Å². The molecule has 0 aliphatic rings. The molecule has 0 spiro atoms. The second-order valence-corrected chi connectivity index (χ2v) is 5.47. The quantitative estimate of drug-likeness (QED) is 0.336. The highest BCUT2D eigenvalue weighted by Crippen LogP contribution is 2.31. The van der Waals surface area contributed by atoms with Crippen molar-refractivity contribution in [1.82, 2.24) is 15.0 Å². The van der Waals surface area contributed by atoms with Crippen molar-refractivity contribution in [2.45, 2.75) is 0 Å². The van der Waals surface area contributed by atoms with Gasteiger partial charge in [0.2, 0.25) is 0 Å². The lowest BCUT2D eigenvalue weighted by Gasteiger charge is -1.97. The molecule has 25 heavy (non-hydrogen) atoms. The first-order valence-electron chi connectivity index (χ1n) is 7.49. The molecule has 0 unspecified atom stereocenters. The van der Waals surface area contributed by atoms with Crippen LogP contribution in [-0.4, -0.2) is 19.9 Å². The van der Waals surface area contributed by atoms with Crippen LogP contribution in [0.1, 0.15) is 11.4 Å². The molecule has 2 N–H and O–H groups in total. The molecule has 0 aliphatic carbocycles. The molecule has 4 rings (SSSR count). The summed E-state index contributed by atoms with van der Waals surface area (Å²) in [6.07, 6.45) is 3.25. The molecule has 0 saturated heterocycles. The molecule has 0 amide bonds. The van der Waals surface area contributed by atoms with Crippen LogP contribution in [0.3, 0.4) is 0 Å². The second kappa shape index (κ2) is 5.62. The zero-order valence-electron chi connectivity index (χ0n) is 12.9. The molecule has 0 bridgehead atoms. The number of rotatable bonds is 3. The van der Waals surface area contributed by atoms with Crippen LogP contribution in [0.25, 0.3) is 33.6 Å². The smallest absolute Gasteiger partial charge is 0.279 e. The number of imidazole rings is 1. The summed E-state index contributed by atoms with van der Waals surface area (Å²) < 4.78 is 0. The van der Waals surface area contributed by atoms with Gasteiger partial charge in [-0.3, -0.25) is 10.1 Å². The molecule has 7 nitrogen and oxygen atoms in total. The Morgan fingerprint density at radius 1 is 1.20 bits per heavy atom. The molecule has 7 heteroatoms. The Kier molecular flexibility index (Phi) is 3.29. The van der Waals surface area contributed by atoms with Crippen LogP contribution in [0.2, 0.25) is 0 Å². The lowest BCUT2D eigenvalue weighted by molar-refractivity contribution is -0.383. The Morgan fingerprint density at radius 2 is 2.00 bits per heavy atom. The number of para-hydroxylation sites is 2. The standard InChI is InChI=1S/C18H11N5O2/c19-9-11(18-21-13-4-1-2-5-14(13)22-18)8-12-10-20-15-6-3-7-16(17(12)15)23(24)25/h1-8,10,20H,(H,21,22)/b11-8+. The minimum atomic E-state index is -0.430. The van der Waals surface area contributed by atoms with Crippen LogP contribution in [0, 0.1) is 21.4 Å². The highest BCUT2D eigenvalue weighted by molar-refractivity contribution is 6.01. The molecule has 0 radical (unpaired) electrons. The number of nitro groups is 1. The first kappa shape index (κ1) is 14.7. The Bertz CT molecular complexity index is 1160. The molecule has 4 aromatic rings. The van der Waals surface area contributed by atoms with Gasteiger partial charge in [0.15, 0.2) is 0 Å². The maximum absolute atomic E-state index is 11.3. The predicted molar refractivity (Wildman–Crippen MR) is 94.5 cm³/mol. The number of allylic oxidation sites excluding steroid dienone is 1. The number of hydrogen-bond acceptors (Lipinski definition) is 4. The van der Waals surface area contributed by atoms with E-state index in [1.165, 1.54) is 6.07 Å². The number of nitrogens with zero attached hydrogens (tertiary/aromatic N) is 3. The number of nitrogens with one attached hydrogen (secondary N) is 2. The summed E-state index contributed by atoms with van der Waals surface area (Å²) in [5, 5.41) is 21.3. The molecule has 2 heterocycles. The van der Waals surface area contributed by atoms with Crippen molar-refractivity contribution in [2.24, 2.45) is 0 Å². The third-order valence-electron chi connectivity index (χ3n) is 3.98. The van der Waals surface area contributed by atoms with Crippen molar-refractivity contribution in [3.05, 3.63) is 70.2 Å². The Labute approximate surface area is 141 Å². The zero-order chi connectivity index (χ0) is 17.4. The topological polar surface area (TPSA) is 111 Å². The maximum Gasteiger partial charge on any atom is 0.279 e. The fraction of sp³-hybridized carbons (Fsp3) is 0. The number of nitro benzene ring substituents is 1. The number of aromatic amines is 2. The van der Waals surface area contributed by atoms with Gasteiger partial charge >= 0.3 is 0 Å². The van der Waals surface area contributed by atoms with Gasteiger partial charge in [0.25, 0.3) is 5.69 Å². The molecule has 0 aliphatic heterocycles. The monoisotopic (exact) mass is 329 g/mol. The van der Waals surface area contributed by atoms with Crippen molar-refractivity contribution >= 4 is 39.3 Å². The average Bonchev–Trinajstić information content (AvgIpc) is 3.23. The zero-order valence-corrected chi connectivity index (χ0v) is 12.9. The van der Waals surface area contributed by atoms with Gasteiger partial charge in [-0.2, -0.15) is 5.26 Å². The molecule has 2 aromatic heterocycles. The van der Waals surface area contributed by atoms with Gasteiger partial charge < -0.3 is 9.97 Å². The first-order chi connectivity index (χ1) is 12.2. The van der Waals surface area contributed by atoms with Gasteiger partial charge in [0, 0.05) is 17.8 Å². The van der Waals surface area contributed by atoms with Crippen molar-refractivity contribution in [1.29, 1.82) is 5.26 Å². The van der Waals surface area contributed by atoms with Gasteiger partial charge in [-0.25, -0.2) is 4.98 Å².